The summed E-state index contributed by atoms with van der Waals surface area (Å²) in [6.45, 7) is 1.59. The third-order valence-corrected chi connectivity index (χ3v) is 4.64. The average Bonchev–Trinajstić information content (AvgIpc) is 3.19. The largest absolute Gasteiger partial charge is 0.340 e. The van der Waals surface area contributed by atoms with Crippen molar-refractivity contribution in [2.75, 3.05) is 11.9 Å². The normalized spacial score (nSPS) is 16.7. The van der Waals surface area contributed by atoms with E-state index in [4.69, 9.17) is 0 Å². The first kappa shape index (κ1) is 14.2. The van der Waals surface area contributed by atoms with E-state index in [1.54, 1.807) is 6.33 Å². The standard InChI is InChI=1S/C18H20N4O/c23-17-5-2-10-22(17)11-13-6-8-14(9-7-13)21-18-15-3-1-4-16(15)19-12-20-18/h6-9,12H,1-5,10-11H2,(H,19,20,21). The van der Waals surface area contributed by atoms with Gasteiger partial charge in [-0.3, -0.25) is 4.79 Å². The van der Waals surface area contributed by atoms with Crippen LogP contribution in [0, 0.1) is 0 Å². The zero-order valence-electron chi connectivity index (χ0n) is 13.1. The number of carbonyl (C=O) groups excluding carboxylic acids is 1. The van der Waals surface area contributed by atoms with Gasteiger partial charge in [0.2, 0.25) is 5.91 Å². The van der Waals surface area contributed by atoms with Gasteiger partial charge in [0.05, 0.1) is 0 Å². The van der Waals surface area contributed by atoms with Crippen molar-refractivity contribution in [1.29, 1.82) is 0 Å². The molecule has 1 aromatic heterocycles. The molecule has 4 rings (SSSR count). The smallest absolute Gasteiger partial charge is 0.222 e. The monoisotopic (exact) mass is 308 g/mol. The van der Waals surface area contributed by atoms with Crippen molar-refractivity contribution < 1.29 is 4.79 Å². The number of aromatic nitrogens is 2. The maximum absolute atomic E-state index is 11.7. The molecule has 1 fully saturated rings. The van der Waals surface area contributed by atoms with E-state index in [1.807, 2.05) is 4.90 Å². The summed E-state index contributed by atoms with van der Waals surface area (Å²) in [6.07, 6.45) is 6.57. The summed E-state index contributed by atoms with van der Waals surface area (Å²) in [5.41, 5.74) is 4.61. The quantitative estimate of drug-likeness (QED) is 0.943. The van der Waals surface area contributed by atoms with Gasteiger partial charge >= 0.3 is 0 Å². The predicted octanol–water partition coefficient (Wildman–Crippen LogP) is 2.83. The summed E-state index contributed by atoms with van der Waals surface area (Å²) >= 11 is 0. The highest BCUT2D eigenvalue weighted by Crippen LogP contribution is 2.27. The molecule has 0 bridgehead atoms. The molecule has 1 aromatic carbocycles. The number of hydrogen-bond donors (Lipinski definition) is 1. The van der Waals surface area contributed by atoms with Gasteiger partial charge in [0.1, 0.15) is 12.1 Å². The molecule has 0 unspecified atom stereocenters. The Labute approximate surface area is 135 Å². The number of anilines is 2. The van der Waals surface area contributed by atoms with Gasteiger partial charge < -0.3 is 10.2 Å². The van der Waals surface area contributed by atoms with Crippen molar-refractivity contribution >= 4 is 17.4 Å². The molecular formula is C18H20N4O. The Bertz CT molecular complexity index is 726. The Kier molecular flexibility index (Phi) is 3.69. The van der Waals surface area contributed by atoms with Crippen LogP contribution >= 0.6 is 0 Å². The fourth-order valence-electron chi connectivity index (χ4n) is 3.39. The van der Waals surface area contributed by atoms with Gasteiger partial charge in [-0.1, -0.05) is 12.1 Å². The molecule has 1 amide bonds. The first-order chi connectivity index (χ1) is 11.3. The molecule has 0 saturated carbocycles. The third kappa shape index (κ3) is 2.91. The highest BCUT2D eigenvalue weighted by molar-refractivity contribution is 5.78. The Balaban J connectivity index is 1.46. The van der Waals surface area contributed by atoms with E-state index < -0.39 is 0 Å². The molecule has 1 aliphatic heterocycles. The zero-order chi connectivity index (χ0) is 15.6. The summed E-state index contributed by atoms with van der Waals surface area (Å²) in [7, 11) is 0. The molecule has 5 heteroatoms. The molecule has 2 heterocycles. The summed E-state index contributed by atoms with van der Waals surface area (Å²) in [5, 5.41) is 3.40. The zero-order valence-corrected chi connectivity index (χ0v) is 13.1. The van der Waals surface area contributed by atoms with Crippen molar-refractivity contribution in [3.63, 3.8) is 0 Å². The van der Waals surface area contributed by atoms with E-state index in [2.05, 4.69) is 39.6 Å². The van der Waals surface area contributed by atoms with Gasteiger partial charge in [0.25, 0.3) is 0 Å². The molecule has 5 nitrogen and oxygen atoms in total. The van der Waals surface area contributed by atoms with Crippen LogP contribution in [0.5, 0.6) is 0 Å². The van der Waals surface area contributed by atoms with Crippen LogP contribution in [0.1, 0.15) is 36.1 Å². The molecule has 1 aliphatic carbocycles. The third-order valence-electron chi connectivity index (χ3n) is 4.64. The number of amides is 1. The first-order valence-electron chi connectivity index (χ1n) is 8.26. The number of nitrogens with zero attached hydrogens (tertiary/aromatic N) is 3. The van der Waals surface area contributed by atoms with Crippen LogP contribution in [0.25, 0.3) is 0 Å². The van der Waals surface area contributed by atoms with Crippen LogP contribution in [0.2, 0.25) is 0 Å². The number of likely N-dealkylation sites (tertiary alicyclic amines) is 1. The van der Waals surface area contributed by atoms with Crippen LogP contribution in [-0.4, -0.2) is 27.3 Å². The minimum atomic E-state index is 0.267. The minimum Gasteiger partial charge on any atom is -0.340 e. The fourth-order valence-corrected chi connectivity index (χ4v) is 3.39. The van der Waals surface area contributed by atoms with E-state index >= 15 is 0 Å². The summed E-state index contributed by atoms with van der Waals surface area (Å²) in [6, 6.07) is 8.27. The van der Waals surface area contributed by atoms with Gasteiger partial charge in [-0.15, -0.1) is 0 Å². The lowest BCUT2D eigenvalue weighted by Crippen LogP contribution is -2.23. The Hall–Kier alpha value is -2.43. The average molecular weight is 308 g/mol. The maximum atomic E-state index is 11.7. The highest BCUT2D eigenvalue weighted by Gasteiger charge is 2.20. The second-order valence-corrected chi connectivity index (χ2v) is 6.24. The van der Waals surface area contributed by atoms with Gasteiger partial charge in [-0.05, 0) is 43.4 Å². The van der Waals surface area contributed by atoms with E-state index in [0.29, 0.717) is 13.0 Å². The number of nitrogens with one attached hydrogen (secondary N) is 1. The number of benzene rings is 1. The summed E-state index contributed by atoms with van der Waals surface area (Å²) < 4.78 is 0. The molecule has 118 valence electrons. The molecule has 1 N–H and O–H groups in total. The van der Waals surface area contributed by atoms with E-state index in [0.717, 1.165) is 43.7 Å². The van der Waals surface area contributed by atoms with Gasteiger partial charge in [-0.2, -0.15) is 0 Å². The van der Waals surface area contributed by atoms with E-state index in [9.17, 15) is 4.79 Å². The topological polar surface area (TPSA) is 58.1 Å². The lowest BCUT2D eigenvalue weighted by Gasteiger charge is -2.16. The second-order valence-electron chi connectivity index (χ2n) is 6.24. The van der Waals surface area contributed by atoms with Crippen LogP contribution in [0.15, 0.2) is 30.6 Å². The van der Waals surface area contributed by atoms with Crippen molar-refractivity contribution in [2.24, 2.45) is 0 Å². The van der Waals surface area contributed by atoms with Crippen molar-refractivity contribution in [3.05, 3.63) is 47.4 Å². The Morgan fingerprint density at radius 1 is 1.04 bits per heavy atom. The molecule has 0 atom stereocenters. The van der Waals surface area contributed by atoms with Crippen molar-refractivity contribution in [2.45, 2.75) is 38.6 Å². The van der Waals surface area contributed by atoms with Crippen molar-refractivity contribution in [3.8, 4) is 0 Å². The minimum absolute atomic E-state index is 0.267. The van der Waals surface area contributed by atoms with Crippen LogP contribution in [0.4, 0.5) is 11.5 Å². The van der Waals surface area contributed by atoms with Crippen molar-refractivity contribution in [1.82, 2.24) is 14.9 Å². The number of carbonyl (C=O) groups is 1. The maximum Gasteiger partial charge on any atom is 0.222 e. The van der Waals surface area contributed by atoms with Crippen LogP contribution < -0.4 is 5.32 Å². The Morgan fingerprint density at radius 2 is 1.91 bits per heavy atom. The van der Waals surface area contributed by atoms with Gasteiger partial charge in [0.15, 0.2) is 0 Å². The molecule has 1 saturated heterocycles. The number of fused-ring (bicyclic) bond motifs is 1. The predicted molar refractivity (Wildman–Crippen MR) is 88.4 cm³/mol. The van der Waals surface area contributed by atoms with E-state index in [1.165, 1.54) is 16.8 Å². The first-order valence-corrected chi connectivity index (χ1v) is 8.26. The molecule has 23 heavy (non-hydrogen) atoms. The SMILES string of the molecule is O=C1CCCN1Cc1ccc(Nc2ncnc3c2CCC3)cc1. The number of hydrogen-bond acceptors (Lipinski definition) is 4. The number of aryl methyl sites for hydroxylation is 1. The molecular weight excluding hydrogens is 288 g/mol. The van der Waals surface area contributed by atoms with Crippen LogP contribution in [-0.2, 0) is 24.2 Å². The van der Waals surface area contributed by atoms with Gasteiger partial charge in [0, 0.05) is 36.5 Å². The molecule has 0 radical (unpaired) electrons. The lowest BCUT2D eigenvalue weighted by molar-refractivity contribution is -0.128. The molecule has 2 aliphatic rings. The summed E-state index contributed by atoms with van der Waals surface area (Å²) in [4.78, 5) is 22.4. The summed E-state index contributed by atoms with van der Waals surface area (Å²) in [5.74, 6) is 1.19. The van der Waals surface area contributed by atoms with Gasteiger partial charge in [-0.25, -0.2) is 9.97 Å². The molecule has 2 aromatic rings. The second kappa shape index (κ2) is 5.99. The van der Waals surface area contributed by atoms with Crippen LogP contribution in [0.3, 0.4) is 0 Å². The Morgan fingerprint density at radius 3 is 2.70 bits per heavy atom. The highest BCUT2D eigenvalue weighted by atomic mass is 16.2. The van der Waals surface area contributed by atoms with E-state index in [-0.39, 0.29) is 5.91 Å². The number of rotatable bonds is 4. The lowest BCUT2D eigenvalue weighted by atomic mass is 10.2. The fraction of sp³-hybridized carbons (Fsp3) is 0.389. The molecule has 0 spiro atoms.